The third kappa shape index (κ3) is 3.43. The van der Waals surface area contributed by atoms with Crippen LogP contribution in [0.5, 0.6) is 0 Å². The lowest BCUT2D eigenvalue weighted by Crippen LogP contribution is -2.39. The third-order valence-electron chi connectivity index (χ3n) is 6.10. The van der Waals surface area contributed by atoms with Gasteiger partial charge in [0, 0.05) is 25.5 Å². The molecule has 0 unspecified atom stereocenters. The summed E-state index contributed by atoms with van der Waals surface area (Å²) < 4.78 is 37.9. The number of nitrogens with one attached hydrogen (secondary N) is 1. The van der Waals surface area contributed by atoms with Crippen LogP contribution in [0, 0.1) is 0 Å². The highest BCUT2D eigenvalue weighted by Crippen LogP contribution is 2.40. The zero-order chi connectivity index (χ0) is 20.9. The Balaban J connectivity index is 1.43. The predicted octanol–water partition coefficient (Wildman–Crippen LogP) is 0.676. The van der Waals surface area contributed by atoms with Crippen LogP contribution < -0.4 is 14.7 Å². The van der Waals surface area contributed by atoms with Crippen LogP contribution in [0.1, 0.15) is 35.1 Å². The number of anilines is 2. The molecule has 1 atom stereocenters. The first-order chi connectivity index (χ1) is 14.4. The minimum absolute atomic E-state index is 0.0982. The number of amidine groups is 1. The molecule has 0 saturated carbocycles. The van der Waals surface area contributed by atoms with E-state index >= 15 is 0 Å². The standard InChI is InChI=1S/C20H25N5O4S/c1-24-11-15(10-21-24)25(12-16-3-2-8-29-16)30(27,28)23-20(26)22-19-17-6-4-13(17)9-14-5-7-18(14)19/h9-11,16H,2-8,12H2,1H3,(H2,22,23,26)/p-1/t16-/m1/s1. The Bertz CT molecular complexity index is 1090. The zero-order valence-electron chi connectivity index (χ0n) is 16.8. The molecule has 9 nitrogen and oxygen atoms in total. The quantitative estimate of drug-likeness (QED) is 0.533. The average molecular weight is 431 g/mol. The molecule has 10 heteroatoms. The molecule has 3 aliphatic rings. The first-order valence-electron chi connectivity index (χ1n) is 10.2. The number of hydrogen-bond donors (Lipinski definition) is 1. The number of benzene rings is 1. The van der Waals surface area contributed by atoms with Gasteiger partial charge in [-0.2, -0.15) is 13.5 Å². The highest BCUT2D eigenvalue weighted by atomic mass is 32.2. The van der Waals surface area contributed by atoms with Crippen LogP contribution in [0.3, 0.4) is 0 Å². The van der Waals surface area contributed by atoms with E-state index in [9.17, 15) is 13.5 Å². The minimum atomic E-state index is -4.27. The van der Waals surface area contributed by atoms with Gasteiger partial charge in [0.25, 0.3) is 0 Å². The van der Waals surface area contributed by atoms with E-state index in [1.807, 2.05) is 0 Å². The summed E-state index contributed by atoms with van der Waals surface area (Å²) in [5, 5.41) is 19.5. The lowest BCUT2D eigenvalue weighted by molar-refractivity contribution is -0.213. The Morgan fingerprint density at radius 2 is 2.07 bits per heavy atom. The van der Waals surface area contributed by atoms with E-state index in [0.29, 0.717) is 12.3 Å². The van der Waals surface area contributed by atoms with Crippen LogP contribution in [0.25, 0.3) is 0 Å². The first-order valence-corrected chi connectivity index (χ1v) is 11.6. The number of fused-ring (bicyclic) bond motifs is 2. The summed E-state index contributed by atoms with van der Waals surface area (Å²) >= 11 is 0. The maximum Gasteiger partial charge on any atom is 0.345 e. The normalized spacial score (nSPS) is 20.2. The van der Waals surface area contributed by atoms with Crippen molar-refractivity contribution < 1.29 is 18.3 Å². The molecular formula is C20H24N5O4S-. The van der Waals surface area contributed by atoms with Gasteiger partial charge < -0.3 is 15.2 Å². The molecule has 30 heavy (non-hydrogen) atoms. The zero-order valence-corrected chi connectivity index (χ0v) is 17.6. The van der Waals surface area contributed by atoms with Crippen molar-refractivity contribution in [2.24, 2.45) is 11.4 Å². The molecule has 2 aliphatic carbocycles. The van der Waals surface area contributed by atoms with Crippen molar-refractivity contribution in [3.63, 3.8) is 0 Å². The molecule has 1 N–H and O–H groups in total. The first kappa shape index (κ1) is 19.4. The number of aromatic nitrogens is 2. The number of nitrogens with zero attached hydrogens (tertiary/aromatic N) is 4. The van der Waals surface area contributed by atoms with Crippen molar-refractivity contribution in [2.75, 3.05) is 22.8 Å². The second kappa shape index (κ2) is 7.28. The molecule has 0 spiro atoms. The maximum atomic E-state index is 13.1. The molecule has 0 amide bonds. The summed E-state index contributed by atoms with van der Waals surface area (Å²) in [6.45, 7) is 0.703. The molecule has 0 bridgehead atoms. The van der Waals surface area contributed by atoms with E-state index in [4.69, 9.17) is 4.74 Å². The van der Waals surface area contributed by atoms with E-state index in [1.165, 1.54) is 22.0 Å². The van der Waals surface area contributed by atoms with Gasteiger partial charge in [-0.05, 0) is 60.8 Å². The van der Waals surface area contributed by atoms with Crippen LogP contribution in [0.4, 0.5) is 11.4 Å². The van der Waals surface area contributed by atoms with Gasteiger partial charge in [0.15, 0.2) is 0 Å². The topological polar surface area (TPSA) is 112 Å². The van der Waals surface area contributed by atoms with Gasteiger partial charge in [-0.25, -0.2) is 4.31 Å². The third-order valence-corrected chi connectivity index (χ3v) is 7.41. The average Bonchev–Trinajstić information content (AvgIpc) is 3.27. The molecule has 2 aromatic rings. The van der Waals surface area contributed by atoms with E-state index in [0.717, 1.165) is 59.6 Å². The summed E-state index contributed by atoms with van der Waals surface area (Å²) in [6, 6.07) is 1.33. The van der Waals surface area contributed by atoms with Gasteiger partial charge in [-0.15, -0.1) is 4.40 Å². The molecule has 0 radical (unpaired) electrons. The fourth-order valence-electron chi connectivity index (χ4n) is 4.35. The van der Waals surface area contributed by atoms with Crippen molar-refractivity contribution in [3.8, 4) is 0 Å². The summed E-state index contributed by atoms with van der Waals surface area (Å²) in [4.78, 5) is 0. The van der Waals surface area contributed by atoms with Gasteiger partial charge in [-0.1, -0.05) is 6.07 Å². The molecule has 1 saturated heterocycles. The van der Waals surface area contributed by atoms with Crippen LogP contribution >= 0.6 is 0 Å². The number of aryl methyl sites for hydroxylation is 3. The van der Waals surface area contributed by atoms with E-state index < -0.39 is 16.2 Å². The molecule has 160 valence electrons. The van der Waals surface area contributed by atoms with Crippen molar-refractivity contribution in [3.05, 3.63) is 40.7 Å². The largest absolute Gasteiger partial charge is 0.845 e. The van der Waals surface area contributed by atoms with Crippen molar-refractivity contribution in [2.45, 2.75) is 44.6 Å². The highest BCUT2D eigenvalue weighted by Gasteiger charge is 2.30. The molecule has 1 fully saturated rings. The molecule has 1 aromatic heterocycles. The van der Waals surface area contributed by atoms with Gasteiger partial charge >= 0.3 is 10.2 Å². The second-order valence-corrected chi connectivity index (χ2v) is 9.58. The SMILES string of the molecule is Cn1cc(N(C[C@H]2CCCO2)S(=O)(=O)/N=C(\[O-])Nc2c3c(cc4c2CC4)CC3)cn1. The number of rotatable bonds is 6. The molecule has 2 heterocycles. The number of hydrogen-bond acceptors (Lipinski definition) is 5. The van der Waals surface area contributed by atoms with Crippen LogP contribution in [-0.2, 0) is 47.7 Å². The Labute approximate surface area is 175 Å². The van der Waals surface area contributed by atoms with Crippen molar-refractivity contribution in [1.29, 1.82) is 0 Å². The maximum absolute atomic E-state index is 13.1. The minimum Gasteiger partial charge on any atom is -0.845 e. The van der Waals surface area contributed by atoms with Gasteiger partial charge in [-0.3, -0.25) is 4.68 Å². The second-order valence-electron chi connectivity index (χ2n) is 8.06. The molecule has 1 aliphatic heterocycles. The van der Waals surface area contributed by atoms with Crippen molar-refractivity contribution in [1.82, 2.24) is 9.78 Å². The fourth-order valence-corrected chi connectivity index (χ4v) is 5.42. The van der Waals surface area contributed by atoms with Gasteiger partial charge in [0.05, 0.1) is 30.6 Å². The van der Waals surface area contributed by atoms with Crippen LogP contribution in [0.15, 0.2) is 22.9 Å². The molecule has 5 rings (SSSR count). The Kier molecular flexibility index (Phi) is 4.70. The summed E-state index contributed by atoms with van der Waals surface area (Å²) in [6.07, 6.45) is 8.23. The Morgan fingerprint density at radius 3 is 2.60 bits per heavy atom. The lowest BCUT2D eigenvalue weighted by Gasteiger charge is -2.33. The van der Waals surface area contributed by atoms with E-state index in [1.54, 1.807) is 13.2 Å². The summed E-state index contributed by atoms with van der Waals surface area (Å²) in [5.74, 6) is 0. The van der Waals surface area contributed by atoms with Crippen LogP contribution in [-0.4, -0.2) is 43.5 Å². The fraction of sp³-hybridized carbons (Fsp3) is 0.500. The predicted molar refractivity (Wildman–Crippen MR) is 111 cm³/mol. The summed E-state index contributed by atoms with van der Waals surface area (Å²) in [7, 11) is -2.56. The smallest absolute Gasteiger partial charge is 0.345 e. The molecular weight excluding hydrogens is 406 g/mol. The van der Waals surface area contributed by atoms with Crippen molar-refractivity contribution >= 4 is 27.6 Å². The highest BCUT2D eigenvalue weighted by molar-refractivity contribution is 7.91. The summed E-state index contributed by atoms with van der Waals surface area (Å²) in [5.41, 5.74) is 5.81. The Morgan fingerprint density at radius 1 is 1.33 bits per heavy atom. The lowest BCUT2D eigenvalue weighted by atomic mass is 9.76. The van der Waals surface area contributed by atoms with Crippen LogP contribution in [0.2, 0.25) is 0 Å². The van der Waals surface area contributed by atoms with E-state index in [2.05, 4.69) is 20.9 Å². The Hall–Kier alpha value is -2.59. The monoisotopic (exact) mass is 430 g/mol. The molecule has 1 aromatic carbocycles. The van der Waals surface area contributed by atoms with E-state index in [-0.39, 0.29) is 12.6 Å². The number of ether oxygens (including phenoxy) is 1. The van der Waals surface area contributed by atoms with Gasteiger partial charge in [0.1, 0.15) is 0 Å². The van der Waals surface area contributed by atoms with Gasteiger partial charge in [0.2, 0.25) is 0 Å².